The van der Waals surface area contributed by atoms with Gasteiger partial charge in [0, 0.05) is 18.8 Å². The summed E-state index contributed by atoms with van der Waals surface area (Å²) in [6.45, 7) is 8.28. The lowest BCUT2D eigenvalue weighted by Gasteiger charge is -2.56. The molecular weight excluding hydrogens is 404 g/mol. The van der Waals surface area contributed by atoms with E-state index >= 15 is 0 Å². The van der Waals surface area contributed by atoms with Crippen molar-refractivity contribution in [3.63, 3.8) is 0 Å². The molecule has 0 aromatic carbocycles. The molecule has 0 bridgehead atoms. The van der Waals surface area contributed by atoms with Gasteiger partial charge < -0.3 is 9.47 Å². The molecule has 0 saturated heterocycles. The molecule has 5 heteroatoms. The van der Waals surface area contributed by atoms with Crippen LogP contribution in [-0.2, 0) is 23.9 Å². The van der Waals surface area contributed by atoms with Crippen LogP contribution in [0.3, 0.4) is 0 Å². The fourth-order valence-electron chi connectivity index (χ4n) is 8.21. The Kier molecular flexibility index (Phi) is 6.32. The molecule has 8 atom stereocenters. The largest absolute Gasteiger partial charge is 0.469 e. The minimum Gasteiger partial charge on any atom is -0.469 e. The van der Waals surface area contributed by atoms with Gasteiger partial charge in [0.2, 0.25) is 0 Å². The SMILES string of the molecule is COC(=O)CC[C@H](C)[C@@H]1CC[C@H]2[C@@H]3CC[C@@H]4C[C@H](OC(C)=O)CC[C@]4(C)C3=CC(=O)[C@@]21C. The van der Waals surface area contributed by atoms with Gasteiger partial charge in [-0.25, -0.2) is 0 Å². The van der Waals surface area contributed by atoms with Crippen molar-refractivity contribution in [1.82, 2.24) is 0 Å². The van der Waals surface area contributed by atoms with E-state index in [0.717, 1.165) is 51.4 Å². The summed E-state index contributed by atoms with van der Waals surface area (Å²) in [5.74, 6) is 1.99. The zero-order valence-electron chi connectivity index (χ0n) is 20.4. The van der Waals surface area contributed by atoms with Gasteiger partial charge in [0.05, 0.1) is 7.11 Å². The lowest BCUT2D eigenvalue weighted by atomic mass is 9.48. The lowest BCUT2D eigenvalue weighted by Crippen LogP contribution is -2.52. The fraction of sp³-hybridized carbons (Fsp3) is 0.815. The molecule has 32 heavy (non-hydrogen) atoms. The number of methoxy groups -OCH3 is 1. The van der Waals surface area contributed by atoms with Crippen molar-refractivity contribution in [2.45, 2.75) is 91.6 Å². The second-order valence-corrected chi connectivity index (χ2v) is 11.4. The van der Waals surface area contributed by atoms with Crippen molar-refractivity contribution in [3.05, 3.63) is 11.6 Å². The number of fused-ring (bicyclic) bond motifs is 5. The number of carbonyl (C=O) groups excluding carboxylic acids is 3. The predicted molar refractivity (Wildman–Crippen MR) is 122 cm³/mol. The van der Waals surface area contributed by atoms with E-state index in [9.17, 15) is 14.4 Å². The molecule has 5 nitrogen and oxygen atoms in total. The van der Waals surface area contributed by atoms with E-state index in [-0.39, 0.29) is 28.9 Å². The van der Waals surface area contributed by atoms with Gasteiger partial charge in [0.1, 0.15) is 6.10 Å². The highest BCUT2D eigenvalue weighted by Crippen LogP contribution is 2.65. The van der Waals surface area contributed by atoms with Crippen molar-refractivity contribution in [2.24, 2.45) is 40.4 Å². The first-order valence-electron chi connectivity index (χ1n) is 12.6. The standard InChI is InChI=1S/C27H40O5/c1-16(6-11-25(30)31-5)21-9-10-22-20-8-7-18-14-19(32-17(2)28)12-13-26(18,3)23(20)15-24(29)27(21,22)4/h15-16,18-22H,6-14H2,1-5H3/t16-,18+,19+,20-,21-,22-,26-,27+/m0/s1. The van der Waals surface area contributed by atoms with Gasteiger partial charge in [-0.15, -0.1) is 0 Å². The van der Waals surface area contributed by atoms with Crippen molar-refractivity contribution in [1.29, 1.82) is 0 Å². The van der Waals surface area contributed by atoms with Gasteiger partial charge in [-0.2, -0.15) is 0 Å². The Morgan fingerprint density at radius 1 is 1.16 bits per heavy atom. The summed E-state index contributed by atoms with van der Waals surface area (Å²) in [5.41, 5.74) is 1.12. The summed E-state index contributed by atoms with van der Waals surface area (Å²) >= 11 is 0. The van der Waals surface area contributed by atoms with Crippen LogP contribution in [0.2, 0.25) is 0 Å². The topological polar surface area (TPSA) is 69.7 Å². The molecule has 0 N–H and O–H groups in total. The Balaban J connectivity index is 1.56. The normalized spacial score (nSPS) is 41.6. The second kappa shape index (κ2) is 8.61. The van der Waals surface area contributed by atoms with Crippen LogP contribution in [0, 0.1) is 40.4 Å². The van der Waals surface area contributed by atoms with Crippen LogP contribution in [0.25, 0.3) is 0 Å². The Morgan fingerprint density at radius 2 is 1.91 bits per heavy atom. The molecule has 0 aliphatic heterocycles. The average molecular weight is 445 g/mol. The molecule has 0 aromatic rings. The maximum atomic E-state index is 13.8. The molecule has 4 aliphatic rings. The van der Waals surface area contributed by atoms with Crippen molar-refractivity contribution < 1.29 is 23.9 Å². The van der Waals surface area contributed by atoms with Gasteiger partial charge in [0.25, 0.3) is 0 Å². The summed E-state index contributed by atoms with van der Waals surface area (Å²) in [5, 5.41) is 0. The summed E-state index contributed by atoms with van der Waals surface area (Å²) in [7, 11) is 1.44. The quantitative estimate of drug-likeness (QED) is 0.541. The van der Waals surface area contributed by atoms with Crippen LogP contribution in [-0.4, -0.2) is 30.9 Å². The monoisotopic (exact) mass is 444 g/mol. The van der Waals surface area contributed by atoms with Gasteiger partial charge in [-0.1, -0.05) is 26.3 Å². The van der Waals surface area contributed by atoms with E-state index in [1.165, 1.54) is 19.6 Å². The first-order valence-corrected chi connectivity index (χ1v) is 12.6. The van der Waals surface area contributed by atoms with E-state index in [0.29, 0.717) is 41.8 Å². The molecule has 3 fully saturated rings. The first-order chi connectivity index (χ1) is 15.1. The summed E-state index contributed by atoms with van der Waals surface area (Å²) < 4.78 is 10.4. The number of ether oxygens (including phenoxy) is 2. The Labute approximate surface area is 192 Å². The highest BCUT2D eigenvalue weighted by Gasteiger charge is 2.61. The van der Waals surface area contributed by atoms with E-state index in [1.54, 1.807) is 0 Å². The zero-order chi connectivity index (χ0) is 23.3. The molecule has 0 radical (unpaired) electrons. The molecule has 0 amide bonds. The van der Waals surface area contributed by atoms with E-state index < -0.39 is 0 Å². The predicted octanol–water partition coefficient (Wildman–Crippen LogP) is 5.27. The summed E-state index contributed by atoms with van der Waals surface area (Å²) in [4.78, 5) is 36.9. The Bertz CT molecular complexity index is 815. The van der Waals surface area contributed by atoms with Crippen LogP contribution in [0.1, 0.15) is 85.5 Å². The van der Waals surface area contributed by atoms with E-state index in [2.05, 4.69) is 20.8 Å². The number of hydrogen-bond donors (Lipinski definition) is 0. The molecule has 0 aromatic heterocycles. The van der Waals surface area contributed by atoms with Crippen LogP contribution in [0.15, 0.2) is 11.6 Å². The Morgan fingerprint density at radius 3 is 2.59 bits per heavy atom. The summed E-state index contributed by atoms with van der Waals surface area (Å²) in [6, 6.07) is 0. The van der Waals surface area contributed by atoms with Crippen molar-refractivity contribution in [2.75, 3.05) is 7.11 Å². The van der Waals surface area contributed by atoms with Crippen molar-refractivity contribution in [3.8, 4) is 0 Å². The third kappa shape index (κ3) is 3.74. The molecule has 178 valence electrons. The van der Waals surface area contributed by atoms with Gasteiger partial charge in [0.15, 0.2) is 5.78 Å². The second-order valence-electron chi connectivity index (χ2n) is 11.4. The van der Waals surface area contributed by atoms with Gasteiger partial charge in [-0.05, 0) is 92.4 Å². The van der Waals surface area contributed by atoms with Crippen LogP contribution in [0.5, 0.6) is 0 Å². The minimum atomic E-state index is -0.318. The fourth-order valence-corrected chi connectivity index (χ4v) is 8.21. The molecule has 0 heterocycles. The van der Waals surface area contributed by atoms with E-state index in [4.69, 9.17) is 9.47 Å². The van der Waals surface area contributed by atoms with Gasteiger partial charge >= 0.3 is 11.9 Å². The number of hydrogen-bond acceptors (Lipinski definition) is 5. The maximum absolute atomic E-state index is 13.8. The molecule has 4 aliphatic carbocycles. The highest BCUT2D eigenvalue weighted by atomic mass is 16.5. The zero-order valence-corrected chi connectivity index (χ0v) is 20.4. The number of allylic oxidation sites excluding steroid dienone is 2. The Hall–Kier alpha value is -1.65. The van der Waals surface area contributed by atoms with Crippen molar-refractivity contribution >= 4 is 17.7 Å². The van der Waals surface area contributed by atoms with Crippen LogP contribution < -0.4 is 0 Å². The molecule has 4 rings (SSSR count). The lowest BCUT2D eigenvalue weighted by molar-refractivity contribution is -0.151. The molecule has 0 spiro atoms. The smallest absolute Gasteiger partial charge is 0.305 e. The number of rotatable bonds is 5. The third-order valence-electron chi connectivity index (χ3n) is 10.0. The molecule has 0 unspecified atom stereocenters. The first kappa shape index (κ1) is 23.5. The van der Waals surface area contributed by atoms with E-state index in [1.807, 2.05) is 6.08 Å². The average Bonchev–Trinajstić information content (AvgIpc) is 3.11. The summed E-state index contributed by atoms with van der Waals surface area (Å²) in [6.07, 6.45) is 10.5. The molecular formula is C27H40O5. The van der Waals surface area contributed by atoms with Gasteiger partial charge in [-0.3, -0.25) is 14.4 Å². The highest BCUT2D eigenvalue weighted by molar-refractivity contribution is 5.97. The molecule has 3 saturated carbocycles. The van der Waals surface area contributed by atoms with Crippen LogP contribution >= 0.6 is 0 Å². The number of esters is 2. The van der Waals surface area contributed by atoms with Crippen LogP contribution in [0.4, 0.5) is 0 Å². The maximum Gasteiger partial charge on any atom is 0.305 e. The third-order valence-corrected chi connectivity index (χ3v) is 10.0. The number of ketones is 1. The number of carbonyl (C=O) groups is 3. The minimum absolute atomic E-state index is 0.0267.